The summed E-state index contributed by atoms with van der Waals surface area (Å²) in [5.74, 6) is 0.121. The highest BCUT2D eigenvalue weighted by atomic mass is 16.2. The third-order valence-corrected chi connectivity index (χ3v) is 3.92. The Kier molecular flexibility index (Phi) is 6.82. The van der Waals surface area contributed by atoms with Crippen molar-refractivity contribution in [3.05, 3.63) is 0 Å². The zero-order chi connectivity index (χ0) is 14.3. The lowest BCUT2D eigenvalue weighted by Crippen LogP contribution is -2.41. The van der Waals surface area contributed by atoms with Crippen molar-refractivity contribution >= 4 is 5.91 Å². The van der Waals surface area contributed by atoms with Crippen LogP contribution in [0.1, 0.15) is 26.7 Å². The number of hydrogen-bond donors (Lipinski definition) is 0. The van der Waals surface area contributed by atoms with Gasteiger partial charge in [-0.25, -0.2) is 0 Å². The highest BCUT2D eigenvalue weighted by Gasteiger charge is 2.27. The fraction of sp³-hybridized carbons (Fsp3) is 0.857. The van der Waals surface area contributed by atoms with E-state index in [9.17, 15) is 4.79 Å². The van der Waals surface area contributed by atoms with E-state index in [-0.39, 0.29) is 5.91 Å². The molecule has 0 aromatic carbocycles. The maximum Gasteiger partial charge on any atom is 0.236 e. The predicted octanol–water partition coefficient (Wildman–Crippen LogP) is 0.775. The van der Waals surface area contributed by atoms with Gasteiger partial charge in [-0.2, -0.15) is 5.26 Å². The van der Waals surface area contributed by atoms with E-state index in [1.54, 1.807) is 11.9 Å². The number of carbonyl (C=O) groups is 1. The molecule has 0 bridgehead atoms. The van der Waals surface area contributed by atoms with Crippen LogP contribution in [0.15, 0.2) is 0 Å². The molecular weight excluding hydrogens is 240 g/mol. The quantitative estimate of drug-likeness (QED) is 0.683. The van der Waals surface area contributed by atoms with Crippen LogP contribution in [-0.4, -0.2) is 73.0 Å². The minimum atomic E-state index is 0.121. The first-order chi connectivity index (χ1) is 9.12. The first-order valence-electron chi connectivity index (χ1n) is 7.19. The number of nitrogens with zero attached hydrogens (tertiary/aromatic N) is 4. The Morgan fingerprint density at radius 3 is 2.68 bits per heavy atom. The summed E-state index contributed by atoms with van der Waals surface area (Å²) >= 11 is 0. The number of carbonyl (C=O) groups excluding carboxylic acids is 1. The molecule has 1 fully saturated rings. The predicted molar refractivity (Wildman–Crippen MR) is 75.6 cm³/mol. The largest absolute Gasteiger partial charge is 0.344 e. The number of hydrogen-bond acceptors (Lipinski definition) is 4. The normalized spacial score (nSPS) is 19.6. The summed E-state index contributed by atoms with van der Waals surface area (Å²) in [5, 5.41) is 8.53. The van der Waals surface area contributed by atoms with Gasteiger partial charge in [0, 0.05) is 32.7 Å². The molecule has 1 rings (SSSR count). The Morgan fingerprint density at radius 2 is 2.11 bits per heavy atom. The van der Waals surface area contributed by atoms with E-state index in [4.69, 9.17) is 5.26 Å². The third-order valence-electron chi connectivity index (χ3n) is 3.92. The summed E-state index contributed by atoms with van der Waals surface area (Å²) in [5.41, 5.74) is 0. The number of amides is 1. The molecule has 0 radical (unpaired) electrons. The lowest BCUT2D eigenvalue weighted by molar-refractivity contribution is -0.130. The molecule has 0 spiro atoms. The summed E-state index contributed by atoms with van der Waals surface area (Å²) in [4.78, 5) is 18.3. The lowest BCUT2D eigenvalue weighted by atomic mass is 10.2. The molecule has 1 amide bonds. The molecule has 1 unspecified atom stereocenters. The SMILES string of the molecule is CCN(CC)C1CCN(CC(=O)N(C)CCC#N)C1. The van der Waals surface area contributed by atoms with Crippen LogP contribution in [0.4, 0.5) is 0 Å². The maximum atomic E-state index is 12.0. The second-order valence-corrected chi connectivity index (χ2v) is 5.12. The summed E-state index contributed by atoms with van der Waals surface area (Å²) in [6.45, 7) is 9.52. The van der Waals surface area contributed by atoms with Gasteiger partial charge in [-0.3, -0.25) is 14.6 Å². The van der Waals surface area contributed by atoms with E-state index in [1.807, 2.05) is 0 Å². The van der Waals surface area contributed by atoms with Gasteiger partial charge < -0.3 is 4.90 Å². The van der Waals surface area contributed by atoms with E-state index in [0.717, 1.165) is 32.6 Å². The Labute approximate surface area is 116 Å². The van der Waals surface area contributed by atoms with Crippen molar-refractivity contribution in [2.45, 2.75) is 32.7 Å². The average molecular weight is 266 g/mol. The molecule has 1 saturated heterocycles. The van der Waals surface area contributed by atoms with Crippen LogP contribution in [0.25, 0.3) is 0 Å². The Morgan fingerprint density at radius 1 is 1.42 bits per heavy atom. The van der Waals surface area contributed by atoms with E-state index < -0.39 is 0 Å². The zero-order valence-electron chi connectivity index (χ0n) is 12.4. The van der Waals surface area contributed by atoms with Crippen molar-refractivity contribution in [2.75, 3.05) is 46.3 Å². The summed E-state index contributed by atoms with van der Waals surface area (Å²) in [6, 6.07) is 2.66. The molecule has 19 heavy (non-hydrogen) atoms. The van der Waals surface area contributed by atoms with Crippen LogP contribution in [0.5, 0.6) is 0 Å². The van der Waals surface area contributed by atoms with Gasteiger partial charge in [0.2, 0.25) is 5.91 Å². The van der Waals surface area contributed by atoms with Gasteiger partial charge in [0.25, 0.3) is 0 Å². The van der Waals surface area contributed by atoms with Crippen molar-refractivity contribution in [2.24, 2.45) is 0 Å². The second-order valence-electron chi connectivity index (χ2n) is 5.12. The smallest absolute Gasteiger partial charge is 0.236 e. The maximum absolute atomic E-state index is 12.0. The van der Waals surface area contributed by atoms with Gasteiger partial charge in [-0.15, -0.1) is 0 Å². The van der Waals surface area contributed by atoms with Crippen molar-refractivity contribution in [1.29, 1.82) is 5.26 Å². The molecule has 0 aromatic heterocycles. The van der Waals surface area contributed by atoms with Gasteiger partial charge in [0.1, 0.15) is 0 Å². The Balaban J connectivity index is 2.35. The van der Waals surface area contributed by atoms with Gasteiger partial charge in [0.15, 0.2) is 0 Å². The molecule has 5 heteroatoms. The number of likely N-dealkylation sites (N-methyl/N-ethyl adjacent to an activating group) is 2. The third kappa shape index (κ3) is 4.81. The molecule has 0 N–H and O–H groups in total. The summed E-state index contributed by atoms with van der Waals surface area (Å²) in [7, 11) is 1.78. The minimum Gasteiger partial charge on any atom is -0.344 e. The topological polar surface area (TPSA) is 50.6 Å². The molecule has 5 nitrogen and oxygen atoms in total. The minimum absolute atomic E-state index is 0.121. The average Bonchev–Trinajstić information content (AvgIpc) is 2.85. The van der Waals surface area contributed by atoms with Crippen molar-refractivity contribution in [3.63, 3.8) is 0 Å². The second kappa shape index (κ2) is 8.13. The van der Waals surface area contributed by atoms with Crippen LogP contribution >= 0.6 is 0 Å². The van der Waals surface area contributed by atoms with Gasteiger partial charge in [-0.1, -0.05) is 13.8 Å². The summed E-state index contributed by atoms with van der Waals surface area (Å²) in [6.07, 6.45) is 1.56. The zero-order valence-corrected chi connectivity index (χ0v) is 12.4. The lowest BCUT2D eigenvalue weighted by Gasteiger charge is -2.26. The molecule has 108 valence electrons. The molecule has 0 aromatic rings. The van der Waals surface area contributed by atoms with Crippen LogP contribution in [0, 0.1) is 11.3 Å². The van der Waals surface area contributed by atoms with Gasteiger partial charge >= 0.3 is 0 Å². The van der Waals surface area contributed by atoms with E-state index in [2.05, 4.69) is 29.7 Å². The van der Waals surface area contributed by atoms with E-state index >= 15 is 0 Å². The first kappa shape index (κ1) is 15.9. The highest BCUT2D eigenvalue weighted by Crippen LogP contribution is 2.15. The van der Waals surface area contributed by atoms with Gasteiger partial charge in [-0.05, 0) is 19.5 Å². The molecule has 0 saturated carbocycles. The number of rotatable bonds is 7. The van der Waals surface area contributed by atoms with Crippen LogP contribution in [-0.2, 0) is 4.79 Å². The molecule has 0 aliphatic carbocycles. The van der Waals surface area contributed by atoms with Crippen LogP contribution in [0.3, 0.4) is 0 Å². The highest BCUT2D eigenvalue weighted by molar-refractivity contribution is 5.78. The van der Waals surface area contributed by atoms with Crippen molar-refractivity contribution < 1.29 is 4.79 Å². The first-order valence-corrected chi connectivity index (χ1v) is 7.19. The number of likely N-dealkylation sites (tertiary alicyclic amines) is 1. The molecule has 1 atom stereocenters. The van der Waals surface area contributed by atoms with Crippen molar-refractivity contribution in [3.8, 4) is 6.07 Å². The van der Waals surface area contributed by atoms with Crippen LogP contribution < -0.4 is 0 Å². The Hall–Kier alpha value is -1.12. The number of nitriles is 1. The summed E-state index contributed by atoms with van der Waals surface area (Å²) < 4.78 is 0. The van der Waals surface area contributed by atoms with Crippen LogP contribution in [0.2, 0.25) is 0 Å². The standard InChI is InChI=1S/C14H26N4O/c1-4-18(5-2)13-7-10-17(11-13)12-14(19)16(3)9-6-8-15/h13H,4-7,9-12H2,1-3H3. The molecule has 1 heterocycles. The molecular formula is C14H26N4O. The fourth-order valence-corrected chi connectivity index (χ4v) is 2.65. The monoisotopic (exact) mass is 266 g/mol. The van der Waals surface area contributed by atoms with E-state index in [1.165, 1.54) is 0 Å². The Bertz CT molecular complexity index is 322. The van der Waals surface area contributed by atoms with Crippen molar-refractivity contribution in [1.82, 2.24) is 14.7 Å². The van der Waals surface area contributed by atoms with Gasteiger partial charge in [0.05, 0.1) is 19.0 Å². The molecule has 1 aliphatic rings. The van der Waals surface area contributed by atoms with E-state index in [0.29, 0.717) is 25.6 Å². The molecule has 1 aliphatic heterocycles. The fourth-order valence-electron chi connectivity index (χ4n) is 2.65.